The Morgan fingerprint density at radius 1 is 0.694 bits per heavy atom. The van der Waals surface area contributed by atoms with Crippen LogP contribution in [-0.4, -0.2) is 53.3 Å². The summed E-state index contributed by atoms with van der Waals surface area (Å²) in [7, 11) is 0. The number of ether oxygens (including phenoxy) is 1. The van der Waals surface area contributed by atoms with Gasteiger partial charge in [0.2, 0.25) is 0 Å². The molecule has 3 nitrogen and oxygen atoms in total. The van der Waals surface area contributed by atoms with Gasteiger partial charge in [-0.15, -0.1) is 0 Å². The van der Waals surface area contributed by atoms with Gasteiger partial charge >= 0.3 is 244 Å². The van der Waals surface area contributed by atoms with Crippen molar-refractivity contribution in [3.63, 3.8) is 0 Å². The van der Waals surface area contributed by atoms with E-state index in [1.165, 1.54) is 47.4 Å². The molecule has 0 amide bonds. The van der Waals surface area contributed by atoms with E-state index >= 15 is 0 Å². The van der Waals surface area contributed by atoms with E-state index in [2.05, 4.69) is 55.6 Å². The van der Waals surface area contributed by atoms with Crippen molar-refractivity contribution in [3.8, 4) is 25.5 Å². The molecule has 0 saturated carbocycles. The summed E-state index contributed by atoms with van der Waals surface area (Å²) >= 11 is 3.09. The molecular weight excluding hydrogens is 734 g/mol. The Morgan fingerprint density at radius 3 is 1.81 bits per heavy atom. The zero-order valence-electron chi connectivity index (χ0n) is 23.0. The molecule has 4 rings (SSSR count). The summed E-state index contributed by atoms with van der Waals surface area (Å²) in [6.45, 7) is 5.31. The Morgan fingerprint density at radius 2 is 1.22 bits per heavy atom. The Hall–Kier alpha value is 0.317. The third-order valence-corrected chi connectivity index (χ3v) is 29.8. The summed E-state index contributed by atoms with van der Waals surface area (Å²) in [4.78, 5) is 29.8. The molecular formula is C27H40N2OS4Sn2. The van der Waals surface area contributed by atoms with Crippen LogP contribution >= 0.6 is 45.3 Å². The SMILES string of the molecule is CCCCCCCCOc1c[c]([Sn]([CH3])([CH3])[CH3])sc1-c1nc2sc(-c3s[c]([Sn]([CH3])([CH3])[CH3])cc3C)nc2s1. The Bertz CT molecular complexity index is 1270. The molecule has 9 heteroatoms. The summed E-state index contributed by atoms with van der Waals surface area (Å²) in [5.41, 5.74) is 1.37. The van der Waals surface area contributed by atoms with E-state index in [0.717, 1.165) is 38.5 Å². The van der Waals surface area contributed by atoms with Crippen molar-refractivity contribution >= 4 is 97.5 Å². The zero-order chi connectivity index (χ0) is 26.1. The number of hydrogen-bond acceptors (Lipinski definition) is 7. The molecule has 196 valence electrons. The van der Waals surface area contributed by atoms with Gasteiger partial charge in [0.25, 0.3) is 0 Å². The van der Waals surface area contributed by atoms with Gasteiger partial charge < -0.3 is 0 Å². The van der Waals surface area contributed by atoms with Crippen LogP contribution in [0.2, 0.25) is 29.6 Å². The molecule has 0 aliphatic carbocycles. The van der Waals surface area contributed by atoms with Crippen LogP contribution in [0.25, 0.3) is 29.4 Å². The summed E-state index contributed by atoms with van der Waals surface area (Å²) in [6, 6.07) is 4.76. The van der Waals surface area contributed by atoms with Gasteiger partial charge in [-0.25, -0.2) is 0 Å². The third-order valence-electron chi connectivity index (χ3n) is 6.21. The fourth-order valence-electron chi connectivity index (χ4n) is 3.96. The van der Waals surface area contributed by atoms with Crippen LogP contribution in [0, 0.1) is 6.92 Å². The predicted octanol–water partition coefficient (Wildman–Crippen LogP) is 9.35. The number of aromatic nitrogens is 2. The molecule has 4 aromatic rings. The second-order valence-corrected chi connectivity index (χ2v) is 46.6. The van der Waals surface area contributed by atoms with Crippen LogP contribution in [0.4, 0.5) is 0 Å². The van der Waals surface area contributed by atoms with Crippen LogP contribution in [0.15, 0.2) is 12.1 Å². The monoisotopic (exact) mass is 776 g/mol. The van der Waals surface area contributed by atoms with Gasteiger partial charge in [0.1, 0.15) is 0 Å². The first-order valence-corrected chi connectivity index (χ1v) is 36.4. The van der Waals surface area contributed by atoms with Crippen LogP contribution in [0.1, 0.15) is 51.0 Å². The van der Waals surface area contributed by atoms with Gasteiger partial charge in [-0.3, -0.25) is 0 Å². The second-order valence-electron chi connectivity index (χ2n) is 11.7. The van der Waals surface area contributed by atoms with E-state index in [0.29, 0.717) is 0 Å². The first kappa shape index (κ1) is 29.3. The van der Waals surface area contributed by atoms with E-state index in [1.807, 2.05) is 22.7 Å². The first-order valence-electron chi connectivity index (χ1n) is 13.1. The molecule has 4 aromatic heterocycles. The van der Waals surface area contributed by atoms with Gasteiger partial charge in [0.05, 0.1) is 0 Å². The molecule has 0 saturated heterocycles. The van der Waals surface area contributed by atoms with Gasteiger partial charge in [-0.1, -0.05) is 0 Å². The van der Waals surface area contributed by atoms with Crippen LogP contribution < -0.4 is 10.5 Å². The van der Waals surface area contributed by atoms with Gasteiger partial charge in [0, 0.05) is 0 Å². The van der Waals surface area contributed by atoms with E-state index in [1.54, 1.807) is 28.5 Å². The summed E-state index contributed by atoms with van der Waals surface area (Å²) in [5.74, 6) is 1.05. The van der Waals surface area contributed by atoms with Gasteiger partial charge in [-0.05, 0) is 0 Å². The molecule has 0 spiro atoms. The molecule has 0 fully saturated rings. The summed E-state index contributed by atoms with van der Waals surface area (Å²) in [5, 5.41) is 2.21. The normalized spacial score (nSPS) is 12.7. The third kappa shape index (κ3) is 7.09. The summed E-state index contributed by atoms with van der Waals surface area (Å²) in [6.07, 6.45) is 7.70. The topological polar surface area (TPSA) is 35.0 Å². The van der Waals surface area contributed by atoms with E-state index in [4.69, 9.17) is 14.7 Å². The molecule has 36 heavy (non-hydrogen) atoms. The average Bonchev–Trinajstić information content (AvgIpc) is 3.53. The average molecular weight is 774 g/mol. The quantitative estimate of drug-likeness (QED) is 0.106. The van der Waals surface area contributed by atoms with Crippen molar-refractivity contribution < 1.29 is 4.74 Å². The number of rotatable bonds is 12. The number of fused-ring (bicyclic) bond motifs is 1. The molecule has 0 N–H and O–H groups in total. The number of hydrogen-bond donors (Lipinski definition) is 0. The fourth-order valence-corrected chi connectivity index (χ4v) is 19.1. The number of aryl methyl sites for hydroxylation is 1. The van der Waals surface area contributed by atoms with E-state index in [9.17, 15) is 0 Å². The number of unbranched alkanes of at least 4 members (excludes halogenated alkanes) is 5. The molecule has 4 heterocycles. The van der Waals surface area contributed by atoms with Crippen molar-refractivity contribution in [2.75, 3.05) is 6.61 Å². The van der Waals surface area contributed by atoms with Crippen LogP contribution in [0.5, 0.6) is 5.75 Å². The van der Waals surface area contributed by atoms with Crippen molar-refractivity contribution in [2.24, 2.45) is 0 Å². The molecule has 0 unspecified atom stereocenters. The Kier molecular flexibility index (Phi) is 9.96. The fraction of sp³-hybridized carbons (Fsp3) is 0.556. The Labute approximate surface area is 241 Å². The van der Waals surface area contributed by atoms with Crippen LogP contribution in [-0.2, 0) is 0 Å². The van der Waals surface area contributed by atoms with E-state index in [-0.39, 0.29) is 0 Å². The maximum atomic E-state index is 6.39. The van der Waals surface area contributed by atoms with Crippen molar-refractivity contribution in [2.45, 2.75) is 82.0 Å². The number of thiazole rings is 2. The maximum absolute atomic E-state index is 6.39. The number of thiophene rings is 2. The minimum atomic E-state index is -2.21. The molecule has 0 aliphatic rings. The molecule has 0 aromatic carbocycles. The Balaban J connectivity index is 1.56. The van der Waals surface area contributed by atoms with Crippen molar-refractivity contribution in [3.05, 3.63) is 17.7 Å². The van der Waals surface area contributed by atoms with Gasteiger partial charge in [0.15, 0.2) is 0 Å². The second kappa shape index (κ2) is 12.2. The minimum absolute atomic E-state index is 0.801. The molecule has 0 atom stereocenters. The van der Waals surface area contributed by atoms with E-state index < -0.39 is 36.8 Å². The molecule has 0 aliphatic heterocycles. The van der Waals surface area contributed by atoms with Crippen molar-refractivity contribution in [1.82, 2.24) is 9.97 Å². The van der Waals surface area contributed by atoms with Crippen molar-refractivity contribution in [1.29, 1.82) is 0 Å². The van der Waals surface area contributed by atoms with Gasteiger partial charge in [-0.2, -0.15) is 0 Å². The first-order chi connectivity index (χ1) is 17.0. The zero-order valence-corrected chi connectivity index (χ0v) is 32.0. The standard InChI is InChI=1S/C21H22N2OS4.6CH3.2Sn/c1-3-4-5-6-7-8-11-24-15-10-13-26-17(15)19-23-21-20(28-19)22-18(27-21)16-14(2)9-12-25-16;;;;;;;;/h9-10H,3-8,11H2,1-2H3;6*1H3;;. The van der Waals surface area contributed by atoms with Crippen LogP contribution in [0.3, 0.4) is 0 Å². The molecule has 0 bridgehead atoms. The molecule has 0 radical (unpaired) electrons. The summed E-state index contributed by atoms with van der Waals surface area (Å²) < 4.78 is 9.57. The number of nitrogens with zero attached hydrogens (tertiary/aromatic N) is 2. The predicted molar refractivity (Wildman–Crippen MR) is 171 cm³/mol.